The number of rotatable bonds is 7. The predicted molar refractivity (Wildman–Crippen MR) is 175 cm³/mol. The van der Waals surface area contributed by atoms with Crippen molar-refractivity contribution in [3.63, 3.8) is 0 Å². The summed E-state index contributed by atoms with van der Waals surface area (Å²) in [5.74, 6) is -0.261. The summed E-state index contributed by atoms with van der Waals surface area (Å²) in [6, 6.07) is 24.6. The van der Waals surface area contributed by atoms with Crippen LogP contribution in [0.15, 0.2) is 90.5 Å². The standard InChI is InChI=1S/C37H45NO5S/c1-27-11-10-21-36(2)34(20-22-37(36,41)26-38(44(3,42)43)25-28-12-6-4-7-13-28)32-19-17-29(23-31(39)18-16-27)24-33(32)35(40)30-14-8-5-9-15-30/h4-9,11-15,17,19,24,31,34,39,41H,10,16,18,20-23,25-26H2,1-3H3/t31-,34-,36-,37+/m0/s1. The molecule has 0 amide bonds. The number of ketones is 1. The Kier molecular flexibility index (Phi) is 9.61. The van der Waals surface area contributed by atoms with Gasteiger partial charge in [-0.15, -0.1) is 0 Å². The molecule has 4 atom stereocenters. The number of sulfonamides is 1. The van der Waals surface area contributed by atoms with E-state index in [1.54, 1.807) is 0 Å². The fourth-order valence-electron chi connectivity index (χ4n) is 7.31. The van der Waals surface area contributed by atoms with Gasteiger partial charge in [0.15, 0.2) is 5.78 Å². The Hall–Kier alpha value is -3.10. The molecule has 3 aromatic carbocycles. The second-order valence-corrected chi connectivity index (χ2v) is 15.1. The van der Waals surface area contributed by atoms with Crippen LogP contribution in [0, 0.1) is 5.41 Å². The average Bonchev–Trinajstić information content (AvgIpc) is 3.25. The number of allylic oxidation sites excluding steroid dienone is 2. The van der Waals surface area contributed by atoms with Crippen LogP contribution in [0.1, 0.15) is 90.9 Å². The minimum Gasteiger partial charge on any atom is -0.393 e. The van der Waals surface area contributed by atoms with Crippen molar-refractivity contribution in [2.24, 2.45) is 5.41 Å². The smallest absolute Gasteiger partial charge is 0.211 e. The zero-order valence-electron chi connectivity index (χ0n) is 26.1. The minimum atomic E-state index is -3.64. The first-order valence-electron chi connectivity index (χ1n) is 15.7. The highest BCUT2D eigenvalue weighted by molar-refractivity contribution is 7.88. The molecule has 234 valence electrons. The number of aliphatic hydroxyl groups excluding tert-OH is 1. The Labute approximate surface area is 262 Å². The summed E-state index contributed by atoms with van der Waals surface area (Å²) in [5.41, 5.74) is 2.97. The molecule has 0 spiro atoms. The highest BCUT2D eigenvalue weighted by Gasteiger charge is 2.57. The summed E-state index contributed by atoms with van der Waals surface area (Å²) in [6.07, 6.45) is 7.08. The molecule has 1 saturated carbocycles. The molecule has 2 N–H and O–H groups in total. The molecule has 6 rings (SSSR count). The summed E-state index contributed by atoms with van der Waals surface area (Å²) >= 11 is 0. The Bertz CT molecular complexity index is 1600. The van der Waals surface area contributed by atoms with E-state index in [1.165, 1.54) is 16.1 Å². The van der Waals surface area contributed by atoms with Crippen molar-refractivity contribution in [2.45, 2.75) is 83.0 Å². The van der Waals surface area contributed by atoms with Crippen LogP contribution in [0.25, 0.3) is 0 Å². The fraction of sp³-hybridized carbons (Fsp3) is 0.432. The van der Waals surface area contributed by atoms with Gasteiger partial charge in [0.1, 0.15) is 0 Å². The molecule has 2 bridgehead atoms. The van der Waals surface area contributed by atoms with E-state index in [0.717, 1.165) is 23.1 Å². The zero-order chi connectivity index (χ0) is 31.5. The van der Waals surface area contributed by atoms with Gasteiger partial charge in [0.2, 0.25) is 10.0 Å². The van der Waals surface area contributed by atoms with Crippen LogP contribution < -0.4 is 0 Å². The lowest BCUT2D eigenvalue weighted by Crippen LogP contribution is -2.53. The SMILES string of the molecule is CC1=CCC[C@@]2(C)[C@@H](CC[C@@]2(O)CN(Cc2ccccc2)S(C)(=O)=O)c2ccc(cc2C(=O)c2ccccc2)C[C@@H](O)CC1. The van der Waals surface area contributed by atoms with Gasteiger partial charge in [-0.2, -0.15) is 4.31 Å². The topological polar surface area (TPSA) is 94.9 Å². The zero-order valence-corrected chi connectivity index (χ0v) is 26.9. The third kappa shape index (κ3) is 6.91. The van der Waals surface area contributed by atoms with Crippen molar-refractivity contribution in [3.8, 4) is 0 Å². The van der Waals surface area contributed by atoms with Gasteiger partial charge in [-0.25, -0.2) is 8.42 Å². The normalized spacial score (nSPS) is 26.2. The van der Waals surface area contributed by atoms with E-state index in [0.29, 0.717) is 49.7 Å². The Morgan fingerprint density at radius 1 is 0.977 bits per heavy atom. The summed E-state index contributed by atoms with van der Waals surface area (Å²) in [6.45, 7) is 4.31. The molecule has 7 heteroatoms. The van der Waals surface area contributed by atoms with Crippen LogP contribution >= 0.6 is 0 Å². The van der Waals surface area contributed by atoms with Crippen LogP contribution in [-0.4, -0.2) is 53.2 Å². The molecule has 0 radical (unpaired) electrons. The molecule has 0 unspecified atom stereocenters. The van der Waals surface area contributed by atoms with E-state index in [9.17, 15) is 23.4 Å². The summed E-state index contributed by atoms with van der Waals surface area (Å²) < 4.78 is 27.6. The molecular weight excluding hydrogens is 570 g/mol. The van der Waals surface area contributed by atoms with Gasteiger partial charge >= 0.3 is 0 Å². The van der Waals surface area contributed by atoms with Crippen LogP contribution in [0.5, 0.6) is 0 Å². The first-order valence-corrected chi connectivity index (χ1v) is 17.5. The quantitative estimate of drug-likeness (QED) is 0.236. The molecule has 44 heavy (non-hydrogen) atoms. The lowest BCUT2D eigenvalue weighted by molar-refractivity contribution is -0.0731. The molecule has 0 aliphatic heterocycles. The number of aliphatic hydroxyl groups is 2. The summed E-state index contributed by atoms with van der Waals surface area (Å²) in [5, 5.41) is 23.4. The molecule has 0 saturated heterocycles. The van der Waals surface area contributed by atoms with Gasteiger partial charge < -0.3 is 10.2 Å². The van der Waals surface area contributed by atoms with Gasteiger partial charge in [0.05, 0.1) is 18.0 Å². The molecule has 0 aromatic heterocycles. The third-order valence-electron chi connectivity index (χ3n) is 10.1. The van der Waals surface area contributed by atoms with Gasteiger partial charge in [-0.1, -0.05) is 91.4 Å². The minimum absolute atomic E-state index is 0.0251. The van der Waals surface area contributed by atoms with E-state index in [2.05, 4.69) is 19.9 Å². The van der Waals surface area contributed by atoms with E-state index in [-0.39, 0.29) is 24.8 Å². The Morgan fingerprint density at radius 3 is 2.34 bits per heavy atom. The number of fused-ring (bicyclic) bond motifs is 8. The lowest BCUT2D eigenvalue weighted by Gasteiger charge is -2.45. The number of carbonyl (C=O) groups excluding carboxylic acids is 1. The second-order valence-electron chi connectivity index (χ2n) is 13.2. The number of hydrogen-bond donors (Lipinski definition) is 2. The van der Waals surface area contributed by atoms with Crippen molar-refractivity contribution >= 4 is 15.8 Å². The number of carbonyl (C=O) groups is 1. The molecular formula is C37H45NO5S. The predicted octanol–water partition coefficient (Wildman–Crippen LogP) is 6.42. The monoisotopic (exact) mass is 615 g/mol. The number of benzene rings is 3. The van der Waals surface area contributed by atoms with Gasteiger partial charge in [-0.3, -0.25) is 4.79 Å². The van der Waals surface area contributed by atoms with Crippen LogP contribution in [0.2, 0.25) is 0 Å². The van der Waals surface area contributed by atoms with E-state index < -0.39 is 27.1 Å². The summed E-state index contributed by atoms with van der Waals surface area (Å²) in [4.78, 5) is 14.1. The van der Waals surface area contributed by atoms with Crippen molar-refractivity contribution in [2.75, 3.05) is 12.8 Å². The maximum Gasteiger partial charge on any atom is 0.211 e. The average molecular weight is 616 g/mol. The lowest BCUT2D eigenvalue weighted by atomic mass is 9.64. The van der Waals surface area contributed by atoms with Gasteiger partial charge in [0, 0.05) is 29.6 Å². The number of nitrogens with zero attached hydrogens (tertiary/aromatic N) is 1. The van der Waals surface area contributed by atoms with Crippen molar-refractivity contribution < 1.29 is 23.4 Å². The second kappa shape index (κ2) is 13.1. The van der Waals surface area contributed by atoms with Crippen LogP contribution in [-0.2, 0) is 23.0 Å². The third-order valence-corrected chi connectivity index (χ3v) is 11.3. The van der Waals surface area contributed by atoms with E-state index in [1.807, 2.05) is 78.9 Å². The molecule has 3 aliphatic carbocycles. The maximum absolute atomic E-state index is 14.1. The van der Waals surface area contributed by atoms with Crippen LogP contribution in [0.4, 0.5) is 0 Å². The Balaban J connectivity index is 1.61. The largest absolute Gasteiger partial charge is 0.393 e. The first kappa shape index (κ1) is 32.3. The van der Waals surface area contributed by atoms with E-state index >= 15 is 0 Å². The van der Waals surface area contributed by atoms with Gasteiger partial charge in [-0.05, 0) is 80.5 Å². The van der Waals surface area contributed by atoms with Crippen molar-refractivity contribution in [1.82, 2.24) is 4.31 Å². The Morgan fingerprint density at radius 2 is 1.66 bits per heavy atom. The highest BCUT2D eigenvalue weighted by atomic mass is 32.2. The molecule has 3 aliphatic rings. The molecule has 0 heterocycles. The maximum atomic E-state index is 14.1. The fourth-order valence-corrected chi connectivity index (χ4v) is 8.14. The molecule has 6 nitrogen and oxygen atoms in total. The van der Waals surface area contributed by atoms with Gasteiger partial charge in [0.25, 0.3) is 0 Å². The van der Waals surface area contributed by atoms with E-state index in [4.69, 9.17) is 0 Å². The highest BCUT2D eigenvalue weighted by Crippen LogP contribution is 2.59. The summed E-state index contributed by atoms with van der Waals surface area (Å²) in [7, 11) is -3.64. The van der Waals surface area contributed by atoms with Crippen molar-refractivity contribution in [1.29, 1.82) is 0 Å². The molecule has 3 aromatic rings. The first-order chi connectivity index (χ1) is 20.9. The molecule has 1 fully saturated rings. The van der Waals surface area contributed by atoms with Crippen LogP contribution in [0.3, 0.4) is 0 Å². The van der Waals surface area contributed by atoms with Crippen molar-refractivity contribution in [3.05, 3.63) is 118 Å². The number of hydrogen-bond acceptors (Lipinski definition) is 5.